The second kappa shape index (κ2) is 7.10. The lowest BCUT2D eigenvalue weighted by molar-refractivity contribution is 0.160. The van der Waals surface area contributed by atoms with Gasteiger partial charge in [0.05, 0.1) is 0 Å². The fourth-order valence-electron chi connectivity index (χ4n) is 2.61. The van der Waals surface area contributed by atoms with Gasteiger partial charge in [0.1, 0.15) is 11.8 Å². The van der Waals surface area contributed by atoms with Crippen molar-refractivity contribution >= 4 is 5.69 Å². The normalized spacial score (nSPS) is 19.9. The summed E-state index contributed by atoms with van der Waals surface area (Å²) in [7, 11) is 0. The van der Waals surface area contributed by atoms with E-state index in [1.807, 2.05) is 6.07 Å². The molecule has 1 aromatic rings. The number of rotatable bonds is 5. The van der Waals surface area contributed by atoms with Crippen molar-refractivity contribution in [3.8, 4) is 6.07 Å². The summed E-state index contributed by atoms with van der Waals surface area (Å²) in [6.07, 6.45) is 6.86. The van der Waals surface area contributed by atoms with Crippen LogP contribution in [0.1, 0.15) is 38.3 Å². The Labute approximate surface area is 115 Å². The Bertz CT molecular complexity index is 438. The summed E-state index contributed by atoms with van der Waals surface area (Å²) < 4.78 is 0. The van der Waals surface area contributed by atoms with Crippen molar-refractivity contribution < 1.29 is 0 Å². The second-order valence-corrected chi connectivity index (χ2v) is 5.20. The van der Waals surface area contributed by atoms with E-state index in [1.54, 1.807) is 12.3 Å². The maximum absolute atomic E-state index is 8.79. The van der Waals surface area contributed by atoms with Crippen molar-refractivity contribution in [2.24, 2.45) is 0 Å². The highest BCUT2D eigenvalue weighted by Gasteiger charge is 2.16. The van der Waals surface area contributed by atoms with Gasteiger partial charge in [-0.3, -0.25) is 0 Å². The summed E-state index contributed by atoms with van der Waals surface area (Å²) in [6, 6.07) is 6.49. The third kappa shape index (κ3) is 4.22. The molecule has 1 unspecified atom stereocenters. The third-order valence-corrected chi connectivity index (χ3v) is 3.77. The van der Waals surface area contributed by atoms with Gasteiger partial charge < -0.3 is 10.2 Å². The van der Waals surface area contributed by atoms with Gasteiger partial charge in [-0.25, -0.2) is 4.98 Å². The average Bonchev–Trinajstić information content (AvgIpc) is 2.45. The molecule has 0 radical (unpaired) electrons. The van der Waals surface area contributed by atoms with Crippen molar-refractivity contribution in [2.75, 3.05) is 25.0 Å². The lowest BCUT2D eigenvalue weighted by Gasteiger charge is -2.33. The lowest BCUT2D eigenvalue weighted by Crippen LogP contribution is -2.38. The summed E-state index contributed by atoms with van der Waals surface area (Å²) >= 11 is 0. The molecule has 2 rings (SSSR count). The molecule has 0 saturated carbocycles. The van der Waals surface area contributed by atoms with Crippen LogP contribution in [0.2, 0.25) is 0 Å². The number of hydrogen-bond donors (Lipinski definition) is 1. The Morgan fingerprint density at radius 2 is 2.42 bits per heavy atom. The van der Waals surface area contributed by atoms with Crippen LogP contribution in [-0.4, -0.2) is 35.6 Å². The molecule has 1 aliphatic heterocycles. The van der Waals surface area contributed by atoms with E-state index >= 15 is 0 Å². The predicted molar refractivity (Wildman–Crippen MR) is 76.9 cm³/mol. The van der Waals surface area contributed by atoms with Crippen LogP contribution < -0.4 is 5.32 Å². The van der Waals surface area contributed by atoms with E-state index in [-0.39, 0.29) is 0 Å². The first-order valence-corrected chi connectivity index (χ1v) is 7.13. The summed E-state index contributed by atoms with van der Waals surface area (Å²) in [5.41, 5.74) is 1.45. The van der Waals surface area contributed by atoms with Crippen LogP contribution in [0.25, 0.3) is 0 Å². The van der Waals surface area contributed by atoms with E-state index < -0.39 is 0 Å². The molecule has 0 bridgehead atoms. The van der Waals surface area contributed by atoms with Crippen molar-refractivity contribution in [3.05, 3.63) is 24.0 Å². The maximum Gasteiger partial charge on any atom is 0.142 e. The zero-order chi connectivity index (χ0) is 13.5. The van der Waals surface area contributed by atoms with Gasteiger partial charge >= 0.3 is 0 Å². The van der Waals surface area contributed by atoms with Gasteiger partial charge in [-0.1, -0.05) is 6.42 Å². The quantitative estimate of drug-likeness (QED) is 0.825. The Hall–Kier alpha value is -1.60. The SMILES string of the molecule is CC1CCCCN1CCCNc1ccnc(C#N)c1. The maximum atomic E-state index is 8.79. The van der Waals surface area contributed by atoms with Crippen LogP contribution in [0.4, 0.5) is 5.69 Å². The first kappa shape index (κ1) is 13.8. The molecular weight excluding hydrogens is 236 g/mol. The van der Waals surface area contributed by atoms with E-state index in [2.05, 4.69) is 28.2 Å². The molecule has 1 atom stereocenters. The molecule has 0 aromatic carbocycles. The Morgan fingerprint density at radius 3 is 3.21 bits per heavy atom. The van der Waals surface area contributed by atoms with Gasteiger partial charge in [-0.15, -0.1) is 0 Å². The summed E-state index contributed by atoms with van der Waals surface area (Å²) in [6.45, 7) is 5.67. The molecule has 1 aliphatic rings. The van der Waals surface area contributed by atoms with E-state index in [4.69, 9.17) is 5.26 Å². The Kier molecular flexibility index (Phi) is 5.17. The molecule has 2 heterocycles. The second-order valence-electron chi connectivity index (χ2n) is 5.20. The zero-order valence-electron chi connectivity index (χ0n) is 11.6. The summed E-state index contributed by atoms with van der Waals surface area (Å²) in [4.78, 5) is 6.54. The van der Waals surface area contributed by atoms with Gasteiger partial charge in [0.25, 0.3) is 0 Å². The molecule has 1 saturated heterocycles. The predicted octanol–water partition coefficient (Wildman–Crippen LogP) is 2.63. The topological polar surface area (TPSA) is 52.0 Å². The molecule has 0 spiro atoms. The van der Waals surface area contributed by atoms with Crippen LogP contribution in [0, 0.1) is 11.3 Å². The van der Waals surface area contributed by atoms with Crippen molar-refractivity contribution in [3.63, 3.8) is 0 Å². The number of nitrogens with one attached hydrogen (secondary N) is 1. The third-order valence-electron chi connectivity index (χ3n) is 3.77. The average molecular weight is 258 g/mol. The summed E-state index contributed by atoms with van der Waals surface area (Å²) in [5, 5.41) is 12.1. The molecule has 1 aromatic heterocycles. The van der Waals surface area contributed by atoms with E-state index in [9.17, 15) is 0 Å². The van der Waals surface area contributed by atoms with Gasteiger partial charge in [0, 0.05) is 31.0 Å². The van der Waals surface area contributed by atoms with Gasteiger partial charge in [0.2, 0.25) is 0 Å². The fourth-order valence-corrected chi connectivity index (χ4v) is 2.61. The van der Waals surface area contributed by atoms with Crippen LogP contribution in [0.5, 0.6) is 0 Å². The number of likely N-dealkylation sites (tertiary alicyclic amines) is 1. The zero-order valence-corrected chi connectivity index (χ0v) is 11.6. The lowest BCUT2D eigenvalue weighted by atomic mass is 10.0. The molecule has 0 aliphatic carbocycles. The van der Waals surface area contributed by atoms with Crippen LogP contribution in [0.15, 0.2) is 18.3 Å². The number of aromatic nitrogens is 1. The highest BCUT2D eigenvalue weighted by Crippen LogP contribution is 2.16. The van der Waals surface area contributed by atoms with E-state index in [0.717, 1.165) is 31.2 Å². The summed E-state index contributed by atoms with van der Waals surface area (Å²) in [5.74, 6) is 0. The molecule has 4 heteroatoms. The smallest absolute Gasteiger partial charge is 0.142 e. The molecule has 4 nitrogen and oxygen atoms in total. The van der Waals surface area contributed by atoms with E-state index in [1.165, 1.54) is 25.8 Å². The molecule has 102 valence electrons. The first-order valence-electron chi connectivity index (χ1n) is 7.13. The monoisotopic (exact) mass is 258 g/mol. The van der Waals surface area contributed by atoms with Gasteiger partial charge in [0.15, 0.2) is 0 Å². The van der Waals surface area contributed by atoms with Crippen molar-refractivity contribution in [1.29, 1.82) is 5.26 Å². The molecule has 1 N–H and O–H groups in total. The Balaban J connectivity index is 1.70. The highest BCUT2D eigenvalue weighted by molar-refractivity contribution is 5.45. The largest absolute Gasteiger partial charge is 0.385 e. The number of hydrogen-bond acceptors (Lipinski definition) is 4. The minimum absolute atomic E-state index is 0.467. The molecule has 1 fully saturated rings. The van der Waals surface area contributed by atoms with Crippen LogP contribution in [0.3, 0.4) is 0 Å². The number of anilines is 1. The Morgan fingerprint density at radius 1 is 1.53 bits per heavy atom. The van der Waals surface area contributed by atoms with E-state index in [0.29, 0.717) is 5.69 Å². The number of pyridine rings is 1. The molecular formula is C15H22N4. The molecule has 0 amide bonds. The van der Waals surface area contributed by atoms with Gasteiger partial charge in [-0.2, -0.15) is 5.26 Å². The number of nitriles is 1. The number of piperidine rings is 1. The van der Waals surface area contributed by atoms with Crippen LogP contribution in [-0.2, 0) is 0 Å². The molecule has 19 heavy (non-hydrogen) atoms. The van der Waals surface area contributed by atoms with Crippen molar-refractivity contribution in [1.82, 2.24) is 9.88 Å². The van der Waals surface area contributed by atoms with Crippen molar-refractivity contribution in [2.45, 2.75) is 38.6 Å². The standard InChI is InChI=1S/C15H22N4/c1-13-5-2-3-9-19(13)10-4-7-17-14-6-8-18-15(11-14)12-16/h6,8,11,13H,2-5,7,9-10H2,1H3,(H,17,18). The first-order chi connectivity index (χ1) is 9.29. The minimum atomic E-state index is 0.467. The van der Waals surface area contributed by atoms with Gasteiger partial charge in [-0.05, 0) is 44.9 Å². The minimum Gasteiger partial charge on any atom is -0.385 e. The fraction of sp³-hybridized carbons (Fsp3) is 0.600. The highest BCUT2D eigenvalue weighted by atomic mass is 15.2. The number of nitrogens with zero attached hydrogens (tertiary/aromatic N) is 3. The van der Waals surface area contributed by atoms with Crippen LogP contribution >= 0.6 is 0 Å².